The van der Waals surface area contributed by atoms with Crippen LogP contribution in [-0.2, 0) is 4.79 Å². The van der Waals surface area contributed by atoms with Crippen LogP contribution in [0.1, 0.15) is 27.7 Å². The second kappa shape index (κ2) is 4.45. The zero-order chi connectivity index (χ0) is 9.78. The summed E-state index contributed by atoms with van der Waals surface area (Å²) in [5.41, 5.74) is -0.550. The molecule has 72 valence electrons. The van der Waals surface area contributed by atoms with Crippen LogP contribution in [0.5, 0.6) is 0 Å². The van der Waals surface area contributed by atoms with Crippen LogP contribution in [-0.4, -0.2) is 24.2 Å². The fraction of sp³-hybridized carbons (Fsp3) is 0.889. The topological polar surface area (TPSA) is 49.3 Å². The number of hydrogen-bond acceptors (Lipinski definition) is 2. The van der Waals surface area contributed by atoms with E-state index in [0.717, 1.165) is 13.1 Å². The van der Waals surface area contributed by atoms with Crippen LogP contribution in [0.2, 0.25) is 0 Å². The Morgan fingerprint density at radius 1 is 1.42 bits per heavy atom. The van der Waals surface area contributed by atoms with Crippen LogP contribution in [0.4, 0.5) is 0 Å². The van der Waals surface area contributed by atoms with Crippen molar-refractivity contribution >= 4 is 5.97 Å². The lowest BCUT2D eigenvalue weighted by Gasteiger charge is -2.37. The maximum absolute atomic E-state index is 10.6. The Morgan fingerprint density at radius 2 is 1.83 bits per heavy atom. The van der Waals surface area contributed by atoms with Gasteiger partial charge in [-0.05, 0) is 19.8 Å². The first kappa shape index (κ1) is 11.4. The number of rotatable bonds is 2. The Morgan fingerprint density at radius 3 is 1.92 bits per heavy atom. The number of carbonyl (C=O) groups is 1. The molecule has 0 spiro atoms. The zero-order valence-electron chi connectivity index (χ0n) is 8.35. The zero-order valence-corrected chi connectivity index (χ0v) is 8.35. The first-order chi connectivity index (χ1) is 5.55. The van der Waals surface area contributed by atoms with Gasteiger partial charge in [-0.3, -0.25) is 4.79 Å². The van der Waals surface area contributed by atoms with Crippen molar-refractivity contribution in [3.8, 4) is 0 Å². The van der Waals surface area contributed by atoms with Crippen LogP contribution in [0.25, 0.3) is 0 Å². The maximum atomic E-state index is 10.6. The van der Waals surface area contributed by atoms with Crippen LogP contribution < -0.4 is 5.32 Å². The van der Waals surface area contributed by atoms with E-state index < -0.39 is 11.4 Å². The van der Waals surface area contributed by atoms with Gasteiger partial charge >= 0.3 is 5.97 Å². The Balaban J connectivity index is 0.000000561. The van der Waals surface area contributed by atoms with Gasteiger partial charge in [0.15, 0.2) is 0 Å². The first-order valence-electron chi connectivity index (χ1n) is 4.49. The summed E-state index contributed by atoms with van der Waals surface area (Å²) in [6, 6.07) is 0. The highest BCUT2D eigenvalue weighted by atomic mass is 16.4. The van der Waals surface area contributed by atoms with Gasteiger partial charge in [-0.1, -0.05) is 13.8 Å². The minimum Gasteiger partial charge on any atom is -0.481 e. The lowest BCUT2D eigenvalue weighted by molar-refractivity contribution is -0.151. The van der Waals surface area contributed by atoms with Crippen molar-refractivity contribution in [2.45, 2.75) is 27.7 Å². The molecule has 0 radical (unpaired) electrons. The highest BCUT2D eigenvalue weighted by Gasteiger charge is 2.39. The largest absolute Gasteiger partial charge is 0.481 e. The normalized spacial score (nSPS) is 17.3. The molecule has 1 aliphatic heterocycles. The maximum Gasteiger partial charge on any atom is 0.309 e. The van der Waals surface area contributed by atoms with Gasteiger partial charge in [0.2, 0.25) is 0 Å². The molecule has 0 aromatic rings. The average molecular weight is 173 g/mol. The average Bonchev–Trinajstić information content (AvgIpc) is 1.87. The monoisotopic (exact) mass is 173 g/mol. The van der Waals surface area contributed by atoms with Crippen molar-refractivity contribution in [1.82, 2.24) is 5.32 Å². The van der Waals surface area contributed by atoms with Gasteiger partial charge in [-0.15, -0.1) is 0 Å². The van der Waals surface area contributed by atoms with E-state index in [2.05, 4.69) is 5.32 Å². The summed E-state index contributed by atoms with van der Waals surface area (Å²) in [6.07, 6.45) is 0. The quantitative estimate of drug-likeness (QED) is 0.662. The predicted octanol–water partition coefficient (Wildman–Crippen LogP) is 1.34. The third-order valence-corrected chi connectivity index (χ3v) is 2.35. The summed E-state index contributed by atoms with van der Waals surface area (Å²) < 4.78 is 0. The van der Waals surface area contributed by atoms with E-state index in [-0.39, 0.29) is 0 Å². The summed E-state index contributed by atoms with van der Waals surface area (Å²) in [5, 5.41) is 11.8. The predicted molar refractivity (Wildman–Crippen MR) is 49.1 cm³/mol. The molecule has 3 heteroatoms. The Hall–Kier alpha value is -0.570. The van der Waals surface area contributed by atoms with Crippen molar-refractivity contribution in [2.24, 2.45) is 11.3 Å². The van der Waals surface area contributed by atoms with Crippen LogP contribution in [0.15, 0.2) is 0 Å². The molecule has 0 aliphatic carbocycles. The second-order valence-corrected chi connectivity index (χ2v) is 3.38. The molecule has 0 saturated carbocycles. The summed E-state index contributed by atoms with van der Waals surface area (Å²) in [6.45, 7) is 9.25. The molecule has 0 aromatic heterocycles. The number of carboxylic acids is 1. The molecule has 0 bridgehead atoms. The summed E-state index contributed by atoms with van der Waals surface area (Å²) >= 11 is 0. The van der Waals surface area contributed by atoms with Gasteiger partial charge in [0, 0.05) is 13.1 Å². The molecule has 12 heavy (non-hydrogen) atoms. The van der Waals surface area contributed by atoms with Crippen molar-refractivity contribution in [3.63, 3.8) is 0 Å². The third kappa shape index (κ3) is 2.21. The highest BCUT2D eigenvalue weighted by molar-refractivity contribution is 5.74. The van der Waals surface area contributed by atoms with E-state index in [4.69, 9.17) is 5.11 Å². The minimum absolute atomic E-state index is 0.310. The summed E-state index contributed by atoms with van der Waals surface area (Å²) in [4.78, 5) is 10.6. The molecule has 0 atom stereocenters. The summed E-state index contributed by atoms with van der Waals surface area (Å²) in [5.74, 6) is -0.385. The summed E-state index contributed by atoms with van der Waals surface area (Å²) in [7, 11) is 0. The first-order valence-corrected chi connectivity index (χ1v) is 4.49. The van der Waals surface area contributed by atoms with E-state index in [9.17, 15) is 4.79 Å². The lowest BCUT2D eigenvalue weighted by Crippen LogP contribution is -2.52. The minimum atomic E-state index is -0.695. The fourth-order valence-electron chi connectivity index (χ4n) is 0.974. The number of nitrogens with one attached hydrogen (secondary N) is 1. The van der Waals surface area contributed by atoms with E-state index in [0.29, 0.717) is 5.92 Å². The molecule has 0 unspecified atom stereocenters. The van der Waals surface area contributed by atoms with Gasteiger partial charge in [0.05, 0.1) is 5.41 Å². The molecule has 1 rings (SSSR count). The van der Waals surface area contributed by atoms with Crippen molar-refractivity contribution in [1.29, 1.82) is 0 Å². The molecule has 0 aromatic carbocycles. The molecule has 1 aliphatic rings. The van der Waals surface area contributed by atoms with Gasteiger partial charge in [-0.2, -0.15) is 0 Å². The van der Waals surface area contributed by atoms with Gasteiger partial charge in [0.1, 0.15) is 0 Å². The Kier molecular flexibility index (Phi) is 4.24. The highest BCUT2D eigenvalue weighted by Crippen LogP contribution is 2.29. The van der Waals surface area contributed by atoms with E-state index in [1.807, 2.05) is 13.8 Å². The molecule has 1 saturated heterocycles. The SMILES string of the molecule is CC.CC(C)(C(=O)O)C1CNC1. The van der Waals surface area contributed by atoms with E-state index in [1.54, 1.807) is 13.8 Å². The smallest absolute Gasteiger partial charge is 0.309 e. The number of carboxylic acid groups (broad SMARTS) is 1. The van der Waals surface area contributed by atoms with Gasteiger partial charge < -0.3 is 10.4 Å². The van der Waals surface area contributed by atoms with Crippen molar-refractivity contribution in [3.05, 3.63) is 0 Å². The fourth-order valence-corrected chi connectivity index (χ4v) is 0.974. The van der Waals surface area contributed by atoms with Crippen LogP contribution in [0.3, 0.4) is 0 Å². The number of aliphatic carboxylic acids is 1. The molecule has 1 heterocycles. The molecule has 1 fully saturated rings. The molecular formula is C9H19NO2. The Labute approximate surface area is 74.2 Å². The van der Waals surface area contributed by atoms with Crippen molar-refractivity contribution in [2.75, 3.05) is 13.1 Å². The second-order valence-electron chi connectivity index (χ2n) is 3.38. The lowest BCUT2D eigenvalue weighted by atomic mass is 9.75. The van der Waals surface area contributed by atoms with E-state index >= 15 is 0 Å². The molecule has 3 nitrogen and oxygen atoms in total. The van der Waals surface area contributed by atoms with Gasteiger partial charge in [0.25, 0.3) is 0 Å². The van der Waals surface area contributed by atoms with Gasteiger partial charge in [-0.25, -0.2) is 0 Å². The molecule has 2 N–H and O–H groups in total. The standard InChI is InChI=1S/C7H13NO2.C2H6/c1-7(2,6(9)10)5-3-8-4-5;1-2/h5,8H,3-4H2,1-2H3,(H,9,10);1-2H3. The molecule has 0 amide bonds. The number of hydrogen-bond donors (Lipinski definition) is 2. The van der Waals surface area contributed by atoms with E-state index in [1.165, 1.54) is 0 Å². The third-order valence-electron chi connectivity index (χ3n) is 2.35. The Bertz CT molecular complexity index is 151. The van der Waals surface area contributed by atoms with Crippen LogP contribution in [0, 0.1) is 11.3 Å². The van der Waals surface area contributed by atoms with Crippen LogP contribution >= 0.6 is 0 Å². The van der Waals surface area contributed by atoms with Crippen molar-refractivity contribution < 1.29 is 9.90 Å². The molecular weight excluding hydrogens is 154 g/mol.